The Morgan fingerprint density at radius 2 is 1.00 bits per heavy atom. The van der Waals surface area contributed by atoms with Gasteiger partial charge in [0.1, 0.15) is 0 Å². The van der Waals surface area contributed by atoms with E-state index < -0.39 is 0 Å². The summed E-state index contributed by atoms with van der Waals surface area (Å²) >= 11 is 2.42. The number of ether oxygens (including phenoxy) is 2. The van der Waals surface area contributed by atoms with E-state index in [1.165, 1.54) is 62.2 Å². The average molecular weight is 555 g/mol. The van der Waals surface area contributed by atoms with Crippen molar-refractivity contribution in [2.75, 3.05) is 30.9 Å². The van der Waals surface area contributed by atoms with Crippen LogP contribution in [0.25, 0.3) is 0 Å². The van der Waals surface area contributed by atoms with Crippen LogP contribution < -0.4 is 0 Å². The first kappa shape index (κ1) is 31.3. The van der Waals surface area contributed by atoms with Crippen LogP contribution in [-0.4, -0.2) is 47.4 Å². The third kappa shape index (κ3) is 26.4. The summed E-state index contributed by atoms with van der Waals surface area (Å²) in [6, 6.07) is 0. The molecule has 0 aromatic rings. The Bertz CT molecular complexity index is 336. The monoisotopic (exact) mass is 554 g/mol. The molecule has 4 nitrogen and oxygen atoms in total. The fraction of sp³-hybridized carbons (Fsp3) is 0.923. The maximum absolute atomic E-state index is 8.86. The van der Waals surface area contributed by atoms with Crippen molar-refractivity contribution >= 4 is 22.6 Å². The second kappa shape index (κ2) is 28.3. The molecule has 0 radical (unpaired) electrons. The van der Waals surface area contributed by atoms with Gasteiger partial charge in [0, 0.05) is 30.9 Å². The average Bonchev–Trinajstić information content (AvgIpc) is 2.78. The van der Waals surface area contributed by atoms with Crippen LogP contribution in [0.15, 0.2) is 12.2 Å². The molecule has 0 bridgehead atoms. The van der Waals surface area contributed by atoms with E-state index in [1.54, 1.807) is 0 Å². The first-order chi connectivity index (χ1) is 15.3. The van der Waals surface area contributed by atoms with Crippen LogP contribution in [0.4, 0.5) is 0 Å². The molecule has 0 aliphatic rings. The van der Waals surface area contributed by atoms with E-state index in [4.69, 9.17) is 19.7 Å². The normalized spacial score (nSPS) is 11.9. The van der Waals surface area contributed by atoms with Crippen LogP contribution in [0.3, 0.4) is 0 Å². The molecule has 31 heavy (non-hydrogen) atoms. The van der Waals surface area contributed by atoms with Crippen molar-refractivity contribution in [2.45, 2.75) is 122 Å². The summed E-state index contributed by atoms with van der Waals surface area (Å²) < 4.78 is 13.3. The number of aliphatic hydroxyl groups excluding tert-OH is 2. The Labute approximate surface area is 206 Å². The Balaban J connectivity index is 3.75. The highest BCUT2D eigenvalue weighted by Gasteiger charge is 2.09. The summed E-state index contributed by atoms with van der Waals surface area (Å²) in [7, 11) is 0. The molecule has 186 valence electrons. The lowest BCUT2D eigenvalue weighted by Gasteiger charge is -2.19. The topological polar surface area (TPSA) is 58.9 Å². The summed E-state index contributed by atoms with van der Waals surface area (Å²) in [5.41, 5.74) is 0. The van der Waals surface area contributed by atoms with Gasteiger partial charge in [-0.05, 0) is 57.8 Å². The van der Waals surface area contributed by atoms with Crippen molar-refractivity contribution in [2.24, 2.45) is 0 Å². The number of hydrogen-bond donors (Lipinski definition) is 2. The van der Waals surface area contributed by atoms with Gasteiger partial charge in [0.15, 0.2) is 6.29 Å². The van der Waals surface area contributed by atoms with Crippen molar-refractivity contribution in [3.05, 3.63) is 12.2 Å². The highest BCUT2D eigenvalue weighted by atomic mass is 127. The van der Waals surface area contributed by atoms with E-state index in [0.717, 1.165) is 71.0 Å². The minimum absolute atomic E-state index is 0.0648. The van der Waals surface area contributed by atoms with E-state index in [9.17, 15) is 0 Å². The smallest absolute Gasteiger partial charge is 0.157 e. The number of unbranched alkanes of at least 4 members (excludes halogenated alkanes) is 13. The van der Waals surface area contributed by atoms with Crippen LogP contribution in [0.1, 0.15) is 116 Å². The molecule has 0 unspecified atom stereocenters. The first-order valence-electron chi connectivity index (χ1n) is 13.0. The second-order valence-corrected chi connectivity index (χ2v) is 9.53. The highest BCUT2D eigenvalue weighted by Crippen LogP contribution is 2.14. The standard InChI is InChI=1S/C26H51IO4/c27-21-15-9-7-5-3-1-2-4-6-8-14-20-26(30-24-18-12-10-16-22-28)31-25-19-13-11-17-23-29/h7,9,26,28-29H,1-6,8,10-25H2/b9-7-. The zero-order valence-electron chi connectivity index (χ0n) is 20.1. The Morgan fingerprint density at radius 1 is 0.548 bits per heavy atom. The van der Waals surface area contributed by atoms with Crippen molar-refractivity contribution < 1.29 is 19.7 Å². The van der Waals surface area contributed by atoms with E-state index >= 15 is 0 Å². The van der Waals surface area contributed by atoms with Crippen molar-refractivity contribution in [1.29, 1.82) is 0 Å². The van der Waals surface area contributed by atoms with Gasteiger partial charge in [0.2, 0.25) is 0 Å². The molecule has 0 fully saturated rings. The summed E-state index contributed by atoms with van der Waals surface area (Å²) in [6.45, 7) is 2.09. The fourth-order valence-corrected chi connectivity index (χ4v) is 3.89. The van der Waals surface area contributed by atoms with Gasteiger partial charge in [0.25, 0.3) is 0 Å². The molecule has 0 heterocycles. The quantitative estimate of drug-likeness (QED) is 0.0386. The third-order valence-corrected chi connectivity index (χ3v) is 6.09. The highest BCUT2D eigenvalue weighted by molar-refractivity contribution is 14.1. The minimum Gasteiger partial charge on any atom is -0.396 e. The molecule has 0 atom stereocenters. The van der Waals surface area contributed by atoms with Crippen molar-refractivity contribution in [3.63, 3.8) is 0 Å². The Hall–Kier alpha value is 0.310. The molecule has 0 rings (SSSR count). The second-order valence-electron chi connectivity index (χ2n) is 8.45. The molecule has 0 saturated carbocycles. The van der Waals surface area contributed by atoms with E-state index in [1.807, 2.05) is 0 Å². The molecule has 0 aromatic heterocycles. The molecule has 0 aliphatic carbocycles. The Kier molecular flexibility index (Phi) is 28.6. The molecular formula is C26H51IO4. The SMILES string of the molecule is OCCCCCCOC(CCCCCCCCC/C=C\CCI)OCCCCCCO. The summed E-state index contributed by atoms with van der Waals surface area (Å²) in [5, 5.41) is 17.7. The van der Waals surface area contributed by atoms with Crippen LogP contribution in [0.2, 0.25) is 0 Å². The third-order valence-electron chi connectivity index (χ3n) is 5.47. The number of hydrogen-bond acceptors (Lipinski definition) is 4. The van der Waals surface area contributed by atoms with Gasteiger partial charge in [-0.25, -0.2) is 0 Å². The minimum atomic E-state index is -0.0648. The molecule has 0 amide bonds. The maximum Gasteiger partial charge on any atom is 0.157 e. The van der Waals surface area contributed by atoms with Crippen LogP contribution in [-0.2, 0) is 9.47 Å². The zero-order chi connectivity index (χ0) is 22.7. The lowest BCUT2D eigenvalue weighted by molar-refractivity contribution is -0.148. The number of allylic oxidation sites excluding steroid dienone is 2. The van der Waals surface area contributed by atoms with Gasteiger partial charge >= 0.3 is 0 Å². The number of halogens is 1. The zero-order valence-corrected chi connectivity index (χ0v) is 22.2. The van der Waals surface area contributed by atoms with E-state index in [2.05, 4.69) is 34.7 Å². The molecule has 2 N–H and O–H groups in total. The van der Waals surface area contributed by atoms with Gasteiger partial charge in [-0.3, -0.25) is 0 Å². The van der Waals surface area contributed by atoms with Gasteiger partial charge in [-0.1, -0.05) is 92.5 Å². The number of alkyl halides is 1. The lowest BCUT2D eigenvalue weighted by atomic mass is 10.1. The summed E-state index contributed by atoms with van der Waals surface area (Å²) in [5.74, 6) is 0. The molecule has 0 aliphatic heterocycles. The van der Waals surface area contributed by atoms with Gasteiger partial charge in [-0.2, -0.15) is 0 Å². The molecule has 5 heteroatoms. The van der Waals surface area contributed by atoms with Crippen LogP contribution >= 0.6 is 22.6 Å². The van der Waals surface area contributed by atoms with E-state index in [-0.39, 0.29) is 6.29 Å². The summed E-state index contributed by atoms with van der Waals surface area (Å²) in [6.07, 6.45) is 25.5. The van der Waals surface area contributed by atoms with Crippen molar-refractivity contribution in [1.82, 2.24) is 0 Å². The number of aliphatic hydroxyl groups is 2. The molecular weight excluding hydrogens is 503 g/mol. The lowest BCUT2D eigenvalue weighted by Crippen LogP contribution is -2.19. The molecule has 0 aromatic carbocycles. The van der Waals surface area contributed by atoms with Gasteiger partial charge in [-0.15, -0.1) is 0 Å². The maximum atomic E-state index is 8.86. The number of rotatable bonds is 26. The summed E-state index contributed by atoms with van der Waals surface area (Å²) in [4.78, 5) is 0. The fourth-order valence-electron chi connectivity index (χ4n) is 3.53. The van der Waals surface area contributed by atoms with E-state index in [0.29, 0.717) is 13.2 Å². The Morgan fingerprint density at radius 3 is 1.55 bits per heavy atom. The molecule has 0 saturated heterocycles. The van der Waals surface area contributed by atoms with Crippen LogP contribution in [0, 0.1) is 0 Å². The predicted octanol–water partition coefficient (Wildman–Crippen LogP) is 7.34. The largest absolute Gasteiger partial charge is 0.396 e. The van der Waals surface area contributed by atoms with Gasteiger partial charge < -0.3 is 19.7 Å². The van der Waals surface area contributed by atoms with Crippen molar-refractivity contribution in [3.8, 4) is 0 Å². The predicted molar refractivity (Wildman–Crippen MR) is 141 cm³/mol. The molecule has 0 spiro atoms. The first-order valence-corrected chi connectivity index (χ1v) is 14.5. The van der Waals surface area contributed by atoms with Crippen LogP contribution in [0.5, 0.6) is 0 Å². The van der Waals surface area contributed by atoms with Gasteiger partial charge in [0.05, 0.1) is 0 Å².